The maximum Gasteiger partial charge on any atom is 0.338 e. The van der Waals surface area contributed by atoms with Crippen LogP contribution in [0.1, 0.15) is 10.4 Å². The van der Waals surface area contributed by atoms with Crippen molar-refractivity contribution >= 4 is 40.8 Å². The van der Waals surface area contributed by atoms with E-state index in [1.807, 2.05) is 0 Å². The fraction of sp³-hybridized carbons (Fsp3) is 0.0667. The second-order valence-electron chi connectivity index (χ2n) is 4.26. The fourth-order valence-electron chi connectivity index (χ4n) is 1.61. The summed E-state index contributed by atoms with van der Waals surface area (Å²) in [6, 6.07) is 9.67. The lowest BCUT2D eigenvalue weighted by atomic mass is 10.2. The van der Waals surface area contributed by atoms with E-state index in [-0.39, 0.29) is 16.3 Å². The average molecular weight is 342 g/mol. The SMILES string of the molecule is O=C(COC(=O)c1cccc(Cl)c1)Nc1cc(F)ccc1Cl. The van der Waals surface area contributed by atoms with Gasteiger partial charge in [-0.2, -0.15) is 0 Å². The zero-order valence-corrected chi connectivity index (χ0v) is 12.6. The Labute approximate surface area is 135 Å². The standard InChI is InChI=1S/C15H10Cl2FNO3/c16-10-3-1-2-9(6-10)15(21)22-8-14(20)19-13-7-11(18)4-5-12(13)17/h1-7H,8H2,(H,19,20). The highest BCUT2D eigenvalue weighted by molar-refractivity contribution is 6.33. The zero-order chi connectivity index (χ0) is 16.1. The van der Waals surface area contributed by atoms with Crippen LogP contribution in [0.3, 0.4) is 0 Å². The van der Waals surface area contributed by atoms with Crippen LogP contribution in [-0.2, 0) is 9.53 Å². The molecule has 2 aromatic carbocycles. The topological polar surface area (TPSA) is 55.4 Å². The second kappa shape index (κ2) is 7.24. The number of rotatable bonds is 4. The minimum Gasteiger partial charge on any atom is -0.452 e. The Hall–Kier alpha value is -2.11. The van der Waals surface area contributed by atoms with Crippen molar-refractivity contribution in [2.24, 2.45) is 0 Å². The molecule has 0 fully saturated rings. The van der Waals surface area contributed by atoms with E-state index in [4.69, 9.17) is 27.9 Å². The van der Waals surface area contributed by atoms with Gasteiger partial charge in [0.05, 0.1) is 16.3 Å². The third-order valence-electron chi connectivity index (χ3n) is 2.60. The van der Waals surface area contributed by atoms with Crippen molar-refractivity contribution in [1.82, 2.24) is 0 Å². The summed E-state index contributed by atoms with van der Waals surface area (Å²) >= 11 is 11.6. The molecule has 0 saturated heterocycles. The monoisotopic (exact) mass is 341 g/mol. The molecular weight excluding hydrogens is 332 g/mol. The molecule has 114 valence electrons. The van der Waals surface area contributed by atoms with E-state index in [1.165, 1.54) is 18.2 Å². The van der Waals surface area contributed by atoms with Gasteiger partial charge in [-0.3, -0.25) is 4.79 Å². The molecule has 0 bridgehead atoms. The van der Waals surface area contributed by atoms with E-state index < -0.39 is 24.3 Å². The molecule has 0 aliphatic carbocycles. The molecule has 0 aliphatic heterocycles. The smallest absolute Gasteiger partial charge is 0.338 e. The van der Waals surface area contributed by atoms with Crippen LogP contribution >= 0.6 is 23.2 Å². The van der Waals surface area contributed by atoms with Crippen molar-refractivity contribution in [1.29, 1.82) is 0 Å². The Balaban J connectivity index is 1.93. The second-order valence-corrected chi connectivity index (χ2v) is 5.10. The largest absolute Gasteiger partial charge is 0.452 e. The Kier molecular flexibility index (Phi) is 5.35. The summed E-state index contributed by atoms with van der Waals surface area (Å²) in [5.41, 5.74) is 0.328. The number of hydrogen-bond acceptors (Lipinski definition) is 3. The van der Waals surface area contributed by atoms with Crippen molar-refractivity contribution in [2.45, 2.75) is 0 Å². The lowest BCUT2D eigenvalue weighted by Crippen LogP contribution is -2.21. The molecule has 0 radical (unpaired) electrons. The van der Waals surface area contributed by atoms with Crippen LogP contribution in [0.2, 0.25) is 10.0 Å². The highest BCUT2D eigenvalue weighted by Gasteiger charge is 2.12. The molecule has 0 unspecified atom stereocenters. The van der Waals surface area contributed by atoms with Gasteiger partial charge in [-0.1, -0.05) is 29.3 Å². The van der Waals surface area contributed by atoms with Gasteiger partial charge in [0.2, 0.25) is 0 Å². The lowest BCUT2D eigenvalue weighted by molar-refractivity contribution is -0.119. The van der Waals surface area contributed by atoms with Gasteiger partial charge in [-0.05, 0) is 36.4 Å². The first-order valence-corrected chi connectivity index (χ1v) is 6.89. The fourth-order valence-corrected chi connectivity index (χ4v) is 1.96. The summed E-state index contributed by atoms with van der Waals surface area (Å²) in [5.74, 6) is -1.87. The first kappa shape index (κ1) is 16.3. The van der Waals surface area contributed by atoms with E-state index in [0.29, 0.717) is 5.02 Å². The van der Waals surface area contributed by atoms with Crippen LogP contribution in [0.15, 0.2) is 42.5 Å². The summed E-state index contributed by atoms with van der Waals surface area (Å²) in [5, 5.41) is 2.91. The number of amides is 1. The molecule has 0 aromatic heterocycles. The molecule has 0 atom stereocenters. The van der Waals surface area contributed by atoms with Gasteiger partial charge in [-0.25, -0.2) is 9.18 Å². The molecular formula is C15H10Cl2FNO3. The molecule has 2 aromatic rings. The highest BCUT2D eigenvalue weighted by atomic mass is 35.5. The molecule has 0 heterocycles. The quantitative estimate of drug-likeness (QED) is 0.857. The van der Waals surface area contributed by atoms with Crippen molar-refractivity contribution in [2.75, 3.05) is 11.9 Å². The van der Waals surface area contributed by atoms with Crippen molar-refractivity contribution in [3.05, 3.63) is 63.9 Å². The van der Waals surface area contributed by atoms with Crippen LogP contribution in [0, 0.1) is 5.82 Å². The number of hydrogen-bond donors (Lipinski definition) is 1. The van der Waals surface area contributed by atoms with Gasteiger partial charge in [0.25, 0.3) is 5.91 Å². The van der Waals surface area contributed by atoms with E-state index in [9.17, 15) is 14.0 Å². The molecule has 1 amide bonds. The van der Waals surface area contributed by atoms with Crippen LogP contribution in [-0.4, -0.2) is 18.5 Å². The predicted octanol–water partition coefficient (Wildman–Crippen LogP) is 3.93. The van der Waals surface area contributed by atoms with Gasteiger partial charge in [0.15, 0.2) is 6.61 Å². The summed E-state index contributed by atoms with van der Waals surface area (Å²) < 4.78 is 17.9. The van der Waals surface area contributed by atoms with Crippen molar-refractivity contribution in [3.63, 3.8) is 0 Å². The van der Waals surface area contributed by atoms with Crippen LogP contribution in [0.4, 0.5) is 10.1 Å². The van der Waals surface area contributed by atoms with E-state index in [1.54, 1.807) is 12.1 Å². The number of ether oxygens (including phenoxy) is 1. The number of carbonyl (C=O) groups excluding carboxylic acids is 2. The Morgan fingerprint density at radius 1 is 1.14 bits per heavy atom. The van der Waals surface area contributed by atoms with Gasteiger partial charge >= 0.3 is 5.97 Å². The molecule has 0 aliphatic rings. The summed E-state index contributed by atoms with van der Waals surface area (Å²) in [4.78, 5) is 23.4. The van der Waals surface area contributed by atoms with E-state index in [0.717, 1.165) is 12.1 Å². The number of benzene rings is 2. The molecule has 1 N–H and O–H groups in total. The normalized spacial score (nSPS) is 10.1. The number of halogens is 3. The average Bonchev–Trinajstić information content (AvgIpc) is 2.48. The first-order valence-electron chi connectivity index (χ1n) is 6.13. The van der Waals surface area contributed by atoms with E-state index >= 15 is 0 Å². The van der Waals surface area contributed by atoms with Crippen molar-refractivity contribution < 1.29 is 18.7 Å². The van der Waals surface area contributed by atoms with Gasteiger partial charge in [-0.15, -0.1) is 0 Å². The van der Waals surface area contributed by atoms with E-state index in [2.05, 4.69) is 5.32 Å². The highest BCUT2D eigenvalue weighted by Crippen LogP contribution is 2.22. The third-order valence-corrected chi connectivity index (χ3v) is 3.16. The summed E-state index contributed by atoms with van der Waals surface area (Å²) in [6.07, 6.45) is 0. The van der Waals surface area contributed by atoms with Crippen LogP contribution in [0.25, 0.3) is 0 Å². The van der Waals surface area contributed by atoms with Crippen molar-refractivity contribution in [3.8, 4) is 0 Å². The third kappa shape index (κ3) is 4.44. The molecule has 7 heteroatoms. The maximum absolute atomic E-state index is 13.1. The number of esters is 1. The van der Waals surface area contributed by atoms with Gasteiger partial charge in [0.1, 0.15) is 5.82 Å². The Morgan fingerprint density at radius 2 is 1.91 bits per heavy atom. The number of anilines is 1. The van der Waals surface area contributed by atoms with Crippen LogP contribution in [0.5, 0.6) is 0 Å². The number of nitrogens with one attached hydrogen (secondary N) is 1. The number of carbonyl (C=O) groups is 2. The molecule has 2 rings (SSSR count). The van der Waals surface area contributed by atoms with Gasteiger partial charge in [0, 0.05) is 5.02 Å². The zero-order valence-electron chi connectivity index (χ0n) is 11.1. The predicted molar refractivity (Wildman–Crippen MR) is 81.8 cm³/mol. The molecule has 0 spiro atoms. The first-order chi connectivity index (χ1) is 10.5. The summed E-state index contributed by atoms with van der Waals surface area (Å²) in [7, 11) is 0. The minimum absolute atomic E-state index is 0.102. The molecule has 0 saturated carbocycles. The summed E-state index contributed by atoms with van der Waals surface area (Å²) in [6.45, 7) is -0.530. The van der Waals surface area contributed by atoms with Gasteiger partial charge < -0.3 is 10.1 Å². The Morgan fingerprint density at radius 3 is 2.64 bits per heavy atom. The maximum atomic E-state index is 13.1. The Bertz CT molecular complexity index is 722. The molecule has 4 nitrogen and oxygen atoms in total. The lowest BCUT2D eigenvalue weighted by Gasteiger charge is -2.08. The van der Waals surface area contributed by atoms with Crippen LogP contribution < -0.4 is 5.32 Å². The minimum atomic E-state index is -0.692. The molecule has 22 heavy (non-hydrogen) atoms.